The second-order valence-electron chi connectivity index (χ2n) is 3.06. The maximum Gasteiger partial charge on any atom is 0.234 e. The van der Waals surface area contributed by atoms with E-state index in [-0.39, 0.29) is 18.3 Å². The van der Waals surface area contributed by atoms with Crippen LogP contribution in [-0.2, 0) is 4.79 Å². The summed E-state index contributed by atoms with van der Waals surface area (Å²) >= 11 is 1.50. The molecule has 0 radical (unpaired) electrons. The number of nitrogen functional groups attached to an aromatic ring is 1. The van der Waals surface area contributed by atoms with Crippen molar-refractivity contribution in [3.05, 3.63) is 23.8 Å². The van der Waals surface area contributed by atoms with E-state index in [0.717, 1.165) is 11.3 Å². The highest BCUT2D eigenvalue weighted by Crippen LogP contribution is 2.18. The fourth-order valence-electron chi connectivity index (χ4n) is 1.09. The first-order valence-electron chi connectivity index (χ1n) is 4.28. The van der Waals surface area contributed by atoms with Gasteiger partial charge in [-0.05, 0) is 30.9 Å². The maximum absolute atomic E-state index is 11.3. The van der Waals surface area contributed by atoms with E-state index in [1.54, 1.807) is 6.07 Å². The van der Waals surface area contributed by atoms with Crippen LogP contribution in [0.5, 0.6) is 0 Å². The first-order valence-corrected chi connectivity index (χ1v) is 5.68. The molecule has 84 valence electrons. The van der Waals surface area contributed by atoms with E-state index in [4.69, 9.17) is 5.73 Å². The summed E-state index contributed by atoms with van der Waals surface area (Å²) < 4.78 is 0. The topological polar surface area (TPSA) is 55.1 Å². The highest BCUT2D eigenvalue weighted by molar-refractivity contribution is 7.99. The second kappa shape index (κ2) is 6.58. The van der Waals surface area contributed by atoms with Crippen LogP contribution in [0.25, 0.3) is 0 Å². The van der Waals surface area contributed by atoms with Gasteiger partial charge in [0.25, 0.3) is 0 Å². The third kappa shape index (κ3) is 4.44. The van der Waals surface area contributed by atoms with Crippen LogP contribution in [0.3, 0.4) is 0 Å². The number of halogens is 1. The molecule has 1 aromatic rings. The monoisotopic (exact) mass is 246 g/mol. The molecule has 1 amide bonds. The summed E-state index contributed by atoms with van der Waals surface area (Å²) in [5.41, 5.74) is 8.10. The van der Waals surface area contributed by atoms with Gasteiger partial charge in [-0.3, -0.25) is 4.79 Å². The molecule has 0 fully saturated rings. The first kappa shape index (κ1) is 14.1. The molecule has 0 aliphatic heterocycles. The van der Waals surface area contributed by atoms with Gasteiger partial charge in [0.05, 0.1) is 5.75 Å². The number of thioether (sulfide) groups is 1. The summed E-state index contributed by atoms with van der Waals surface area (Å²) in [6.45, 7) is 1.94. The van der Waals surface area contributed by atoms with Crippen LogP contribution in [0.2, 0.25) is 0 Å². The van der Waals surface area contributed by atoms with Gasteiger partial charge < -0.3 is 11.1 Å². The van der Waals surface area contributed by atoms with E-state index in [2.05, 4.69) is 5.32 Å². The lowest BCUT2D eigenvalue weighted by molar-refractivity contribution is -0.113. The number of benzene rings is 1. The van der Waals surface area contributed by atoms with E-state index in [1.165, 1.54) is 11.8 Å². The number of amides is 1. The molecule has 0 spiro atoms. The largest absolute Gasteiger partial charge is 0.399 e. The molecule has 0 unspecified atom stereocenters. The molecule has 0 saturated heterocycles. The van der Waals surface area contributed by atoms with Crippen LogP contribution < -0.4 is 11.1 Å². The van der Waals surface area contributed by atoms with Gasteiger partial charge in [0.2, 0.25) is 5.91 Å². The highest BCUT2D eigenvalue weighted by Gasteiger charge is 2.03. The van der Waals surface area contributed by atoms with Gasteiger partial charge in [0.15, 0.2) is 0 Å². The lowest BCUT2D eigenvalue weighted by atomic mass is 10.2. The standard InChI is InChI=1S/C10H14N2OS.ClH/c1-7-3-4-8(11)5-9(7)12-10(13)6-14-2;/h3-5H,6,11H2,1-2H3,(H,12,13);1H. The Bertz CT molecular complexity index is 344. The van der Waals surface area contributed by atoms with E-state index < -0.39 is 0 Å². The Morgan fingerprint density at radius 2 is 2.20 bits per heavy atom. The zero-order chi connectivity index (χ0) is 10.6. The van der Waals surface area contributed by atoms with Gasteiger partial charge in [-0.2, -0.15) is 11.8 Å². The third-order valence-electron chi connectivity index (χ3n) is 1.81. The van der Waals surface area contributed by atoms with Crippen LogP contribution in [0.1, 0.15) is 5.56 Å². The van der Waals surface area contributed by atoms with Crippen molar-refractivity contribution in [3.63, 3.8) is 0 Å². The minimum absolute atomic E-state index is 0. The van der Waals surface area contributed by atoms with Crippen molar-refractivity contribution in [1.82, 2.24) is 0 Å². The number of aryl methyl sites for hydroxylation is 1. The van der Waals surface area contributed by atoms with Gasteiger partial charge in [0.1, 0.15) is 0 Å². The van der Waals surface area contributed by atoms with E-state index in [9.17, 15) is 4.79 Å². The highest BCUT2D eigenvalue weighted by atomic mass is 35.5. The molecular formula is C10H15ClN2OS. The minimum atomic E-state index is 0. The smallest absolute Gasteiger partial charge is 0.234 e. The number of nitrogens with two attached hydrogens (primary N) is 1. The van der Waals surface area contributed by atoms with Crippen LogP contribution in [0.4, 0.5) is 11.4 Å². The van der Waals surface area contributed by atoms with Crippen LogP contribution >= 0.6 is 24.2 Å². The molecular weight excluding hydrogens is 232 g/mol. The Hall–Kier alpha value is -0.870. The van der Waals surface area contributed by atoms with E-state index >= 15 is 0 Å². The Morgan fingerprint density at radius 1 is 1.53 bits per heavy atom. The quantitative estimate of drug-likeness (QED) is 0.805. The lowest BCUT2D eigenvalue weighted by Gasteiger charge is -2.08. The van der Waals surface area contributed by atoms with Crippen LogP contribution in [0, 0.1) is 6.92 Å². The number of carbonyl (C=O) groups is 1. The fraction of sp³-hybridized carbons (Fsp3) is 0.300. The fourth-order valence-corrected chi connectivity index (χ4v) is 1.43. The van der Waals surface area contributed by atoms with Crippen molar-refractivity contribution in [2.24, 2.45) is 0 Å². The van der Waals surface area contributed by atoms with Crippen molar-refractivity contribution < 1.29 is 4.79 Å². The molecule has 0 saturated carbocycles. The number of anilines is 2. The number of rotatable bonds is 3. The SMILES string of the molecule is CSCC(=O)Nc1cc(N)ccc1C.Cl. The summed E-state index contributed by atoms with van der Waals surface area (Å²) in [7, 11) is 0. The molecule has 0 aliphatic carbocycles. The lowest BCUT2D eigenvalue weighted by Crippen LogP contribution is -2.14. The summed E-state index contributed by atoms with van der Waals surface area (Å²) in [6.07, 6.45) is 1.89. The molecule has 0 aromatic heterocycles. The molecule has 5 heteroatoms. The van der Waals surface area contributed by atoms with Crippen molar-refractivity contribution in [2.45, 2.75) is 6.92 Å². The van der Waals surface area contributed by atoms with Gasteiger partial charge >= 0.3 is 0 Å². The molecule has 3 N–H and O–H groups in total. The van der Waals surface area contributed by atoms with Crippen molar-refractivity contribution in [3.8, 4) is 0 Å². The van der Waals surface area contributed by atoms with Crippen molar-refractivity contribution in [2.75, 3.05) is 23.1 Å². The molecule has 0 aliphatic rings. The Morgan fingerprint density at radius 3 is 2.80 bits per heavy atom. The molecule has 15 heavy (non-hydrogen) atoms. The van der Waals surface area contributed by atoms with Crippen LogP contribution in [-0.4, -0.2) is 17.9 Å². The van der Waals surface area contributed by atoms with E-state index in [1.807, 2.05) is 25.3 Å². The molecule has 0 heterocycles. The van der Waals surface area contributed by atoms with Gasteiger partial charge in [-0.1, -0.05) is 6.07 Å². The Balaban J connectivity index is 0.00000196. The maximum atomic E-state index is 11.3. The zero-order valence-electron chi connectivity index (χ0n) is 8.74. The molecule has 1 rings (SSSR count). The third-order valence-corrected chi connectivity index (χ3v) is 2.36. The minimum Gasteiger partial charge on any atom is -0.399 e. The van der Waals surface area contributed by atoms with E-state index in [0.29, 0.717) is 11.4 Å². The average molecular weight is 247 g/mol. The summed E-state index contributed by atoms with van der Waals surface area (Å²) in [6, 6.07) is 5.48. The average Bonchev–Trinajstić information content (AvgIpc) is 2.12. The predicted octanol–water partition coefficient (Wildman–Crippen LogP) is 2.30. The number of hydrogen-bond donors (Lipinski definition) is 2. The first-order chi connectivity index (χ1) is 6.63. The normalized spacial score (nSPS) is 9.20. The number of hydrogen-bond acceptors (Lipinski definition) is 3. The second-order valence-corrected chi connectivity index (χ2v) is 3.92. The van der Waals surface area contributed by atoms with Gasteiger partial charge in [-0.15, -0.1) is 12.4 Å². The molecule has 1 aromatic carbocycles. The summed E-state index contributed by atoms with van der Waals surface area (Å²) in [5.74, 6) is 0.472. The zero-order valence-corrected chi connectivity index (χ0v) is 10.4. The summed E-state index contributed by atoms with van der Waals surface area (Å²) in [4.78, 5) is 11.3. The molecule has 0 atom stereocenters. The molecule has 3 nitrogen and oxygen atoms in total. The Labute approximate surface area is 100 Å². The summed E-state index contributed by atoms with van der Waals surface area (Å²) in [5, 5.41) is 2.81. The van der Waals surface area contributed by atoms with Gasteiger partial charge in [-0.25, -0.2) is 0 Å². The molecule has 0 bridgehead atoms. The van der Waals surface area contributed by atoms with Gasteiger partial charge in [0, 0.05) is 11.4 Å². The number of carbonyl (C=O) groups excluding carboxylic acids is 1. The van der Waals surface area contributed by atoms with Crippen LogP contribution in [0.15, 0.2) is 18.2 Å². The van der Waals surface area contributed by atoms with Crippen molar-refractivity contribution >= 4 is 41.5 Å². The number of nitrogens with one attached hydrogen (secondary N) is 1. The van der Waals surface area contributed by atoms with Crippen molar-refractivity contribution in [1.29, 1.82) is 0 Å². The Kier molecular flexibility index (Phi) is 6.20. The predicted molar refractivity (Wildman–Crippen MR) is 69.9 cm³/mol.